The Morgan fingerprint density at radius 2 is 1.60 bits per heavy atom. The number of benzene rings is 3. The van der Waals surface area contributed by atoms with Gasteiger partial charge in [0.05, 0.1) is 23.9 Å². The lowest BCUT2D eigenvalue weighted by Crippen LogP contribution is -2.31. The summed E-state index contributed by atoms with van der Waals surface area (Å²) in [7, 11) is 0. The van der Waals surface area contributed by atoms with Gasteiger partial charge < -0.3 is 4.74 Å². The van der Waals surface area contributed by atoms with Gasteiger partial charge in [0.1, 0.15) is 5.75 Å². The lowest BCUT2D eigenvalue weighted by atomic mass is 9.88. The molecule has 0 N–H and O–H groups in total. The van der Waals surface area contributed by atoms with E-state index < -0.39 is 0 Å². The van der Waals surface area contributed by atoms with E-state index in [1.807, 2.05) is 23.9 Å². The maximum absolute atomic E-state index is 6.10. The molecule has 2 atom stereocenters. The van der Waals surface area contributed by atoms with Gasteiger partial charge in [-0.25, -0.2) is 0 Å². The Hall–Kier alpha value is -2.52. The zero-order chi connectivity index (χ0) is 16.6. The topological polar surface area (TPSA) is 21.6 Å². The normalized spacial score (nSPS) is 21.0. The van der Waals surface area contributed by atoms with E-state index in [4.69, 9.17) is 9.73 Å². The second-order valence-corrected chi connectivity index (χ2v) is 7.51. The van der Waals surface area contributed by atoms with Gasteiger partial charge in [0, 0.05) is 15.7 Å². The summed E-state index contributed by atoms with van der Waals surface area (Å²) in [4.78, 5) is 6.33. The minimum atomic E-state index is 0.231. The van der Waals surface area contributed by atoms with Crippen LogP contribution in [0.1, 0.15) is 16.4 Å². The minimum Gasteiger partial charge on any atom is -0.492 e. The third kappa shape index (κ3) is 2.56. The molecule has 0 aliphatic carbocycles. The summed E-state index contributed by atoms with van der Waals surface area (Å²) in [5.74, 6) is 1.17. The molecule has 0 amide bonds. The maximum Gasteiger partial charge on any atom is 0.128 e. The number of rotatable bonds is 1. The molecule has 0 radical (unpaired) electrons. The highest BCUT2D eigenvalue weighted by Gasteiger charge is 2.36. The van der Waals surface area contributed by atoms with Crippen LogP contribution in [0.25, 0.3) is 0 Å². The van der Waals surface area contributed by atoms with Crippen molar-refractivity contribution in [1.29, 1.82) is 0 Å². The van der Waals surface area contributed by atoms with Crippen molar-refractivity contribution < 1.29 is 4.74 Å². The molecule has 0 saturated carbocycles. The summed E-state index contributed by atoms with van der Waals surface area (Å²) in [6.07, 6.45) is 0. The highest BCUT2D eigenvalue weighted by molar-refractivity contribution is 7.99. The number of hydrogen-bond acceptors (Lipinski definition) is 3. The van der Waals surface area contributed by atoms with Crippen LogP contribution in [0, 0.1) is 5.92 Å². The van der Waals surface area contributed by atoms with Crippen LogP contribution >= 0.6 is 11.8 Å². The first kappa shape index (κ1) is 14.8. The van der Waals surface area contributed by atoms with Crippen LogP contribution in [-0.2, 0) is 0 Å². The van der Waals surface area contributed by atoms with Crippen LogP contribution < -0.4 is 4.74 Å². The molecule has 2 heterocycles. The van der Waals surface area contributed by atoms with E-state index in [0.717, 1.165) is 22.7 Å². The highest BCUT2D eigenvalue weighted by atomic mass is 32.2. The smallest absolute Gasteiger partial charge is 0.128 e. The predicted octanol–water partition coefficient (Wildman–Crippen LogP) is 5.66. The quantitative estimate of drug-likeness (QED) is 0.568. The molecule has 2 nitrogen and oxygen atoms in total. The average Bonchev–Trinajstić information content (AvgIpc) is 2.85. The molecule has 3 aromatic carbocycles. The van der Waals surface area contributed by atoms with E-state index >= 15 is 0 Å². The van der Waals surface area contributed by atoms with Crippen molar-refractivity contribution in [3.8, 4) is 5.75 Å². The van der Waals surface area contributed by atoms with Gasteiger partial charge in [-0.1, -0.05) is 54.6 Å². The average molecular weight is 343 g/mol. The van der Waals surface area contributed by atoms with Crippen LogP contribution in [0.15, 0.2) is 88.8 Å². The van der Waals surface area contributed by atoms with Gasteiger partial charge in [0.15, 0.2) is 0 Å². The Labute approximate surface area is 151 Å². The van der Waals surface area contributed by atoms with Crippen LogP contribution in [0.3, 0.4) is 0 Å². The van der Waals surface area contributed by atoms with Crippen molar-refractivity contribution in [2.75, 3.05) is 6.61 Å². The molecule has 0 bridgehead atoms. The van der Waals surface area contributed by atoms with E-state index in [1.165, 1.54) is 10.5 Å². The summed E-state index contributed by atoms with van der Waals surface area (Å²) in [5, 5.41) is 0.289. The fraction of sp³-hybridized carbons (Fsp3) is 0.136. The third-order valence-electron chi connectivity index (χ3n) is 4.79. The first-order chi connectivity index (χ1) is 12.4. The Morgan fingerprint density at radius 1 is 0.840 bits per heavy atom. The molecule has 2 unspecified atom stereocenters. The Morgan fingerprint density at radius 3 is 2.52 bits per heavy atom. The van der Waals surface area contributed by atoms with Crippen molar-refractivity contribution in [3.63, 3.8) is 0 Å². The number of ether oxygens (including phenoxy) is 1. The third-order valence-corrected chi connectivity index (χ3v) is 6.24. The zero-order valence-corrected chi connectivity index (χ0v) is 14.4. The minimum absolute atomic E-state index is 0.231. The molecule has 3 aromatic rings. The molecule has 3 heteroatoms. The van der Waals surface area contributed by atoms with Crippen molar-refractivity contribution in [2.24, 2.45) is 10.9 Å². The summed E-state index contributed by atoms with van der Waals surface area (Å²) >= 11 is 1.90. The molecule has 5 rings (SSSR count). The zero-order valence-electron chi connectivity index (χ0n) is 13.6. The number of aliphatic imine (C=N–C) groups is 1. The summed E-state index contributed by atoms with van der Waals surface area (Å²) in [6, 6.07) is 27.4. The van der Waals surface area contributed by atoms with Gasteiger partial charge in [-0.2, -0.15) is 0 Å². The first-order valence-electron chi connectivity index (χ1n) is 8.51. The van der Waals surface area contributed by atoms with Crippen molar-refractivity contribution in [3.05, 3.63) is 90.0 Å². The second-order valence-electron chi connectivity index (χ2n) is 6.33. The Balaban J connectivity index is 1.72. The maximum atomic E-state index is 6.10. The first-order valence-corrected chi connectivity index (χ1v) is 9.39. The van der Waals surface area contributed by atoms with Gasteiger partial charge in [0.2, 0.25) is 0 Å². The number of nitrogens with zero attached hydrogens (tertiary/aromatic N) is 1. The Bertz CT molecular complexity index is 951. The molecule has 2 aliphatic heterocycles. The van der Waals surface area contributed by atoms with Crippen molar-refractivity contribution in [1.82, 2.24) is 0 Å². The van der Waals surface area contributed by atoms with E-state index in [9.17, 15) is 0 Å². The summed E-state index contributed by atoms with van der Waals surface area (Å²) < 4.78 is 6.10. The van der Waals surface area contributed by atoms with E-state index in [2.05, 4.69) is 66.7 Å². The largest absolute Gasteiger partial charge is 0.492 e. The van der Waals surface area contributed by atoms with E-state index in [0.29, 0.717) is 6.61 Å². The monoisotopic (exact) mass is 343 g/mol. The molecule has 0 fully saturated rings. The molecule has 122 valence electrons. The number of thioether (sulfide) groups is 1. The van der Waals surface area contributed by atoms with Gasteiger partial charge in [0.25, 0.3) is 0 Å². The standard InChI is InChI=1S/C22H17NOS/c1-2-8-15(9-3-1)22-17-14-24-19-12-6-4-10-16(19)21(17)23-18-11-5-7-13-20(18)25-22/h1-13,17,22H,14H2. The molecule has 0 aromatic heterocycles. The molecular weight excluding hydrogens is 326 g/mol. The van der Waals surface area contributed by atoms with Crippen LogP contribution in [-0.4, -0.2) is 12.3 Å². The van der Waals surface area contributed by atoms with Crippen LogP contribution in [0.4, 0.5) is 5.69 Å². The van der Waals surface area contributed by atoms with Gasteiger partial charge in [-0.3, -0.25) is 4.99 Å². The van der Waals surface area contributed by atoms with Crippen molar-refractivity contribution >= 4 is 23.2 Å². The molecular formula is C22H17NOS. The fourth-order valence-corrected chi connectivity index (χ4v) is 4.91. The van der Waals surface area contributed by atoms with E-state index in [1.54, 1.807) is 0 Å². The summed E-state index contributed by atoms with van der Waals surface area (Å²) in [6.45, 7) is 0.663. The van der Waals surface area contributed by atoms with Crippen molar-refractivity contribution in [2.45, 2.75) is 10.1 Å². The lowest BCUT2D eigenvalue weighted by Gasteiger charge is -2.31. The predicted molar refractivity (Wildman–Crippen MR) is 103 cm³/mol. The molecule has 25 heavy (non-hydrogen) atoms. The van der Waals surface area contributed by atoms with Crippen LogP contribution in [0.2, 0.25) is 0 Å². The molecule has 0 saturated heterocycles. The SMILES string of the molecule is c1ccc(C2Sc3ccccc3N=C3c4ccccc4OCC32)cc1. The van der Waals surface area contributed by atoms with Crippen LogP contribution in [0.5, 0.6) is 5.75 Å². The number of hydrogen-bond donors (Lipinski definition) is 0. The Kier molecular flexibility index (Phi) is 3.60. The lowest BCUT2D eigenvalue weighted by molar-refractivity contribution is 0.271. The molecule has 2 aliphatic rings. The second kappa shape index (κ2) is 6.08. The van der Waals surface area contributed by atoms with Gasteiger partial charge in [-0.05, 0) is 29.8 Å². The number of para-hydroxylation sites is 2. The fourth-order valence-electron chi connectivity index (χ4n) is 3.58. The summed E-state index contributed by atoms with van der Waals surface area (Å²) in [5.41, 5.74) is 4.65. The molecule has 0 spiro atoms. The van der Waals surface area contributed by atoms with Gasteiger partial charge >= 0.3 is 0 Å². The van der Waals surface area contributed by atoms with E-state index in [-0.39, 0.29) is 11.2 Å². The number of fused-ring (bicyclic) bond motifs is 4. The van der Waals surface area contributed by atoms with Gasteiger partial charge in [-0.15, -0.1) is 11.8 Å². The highest BCUT2D eigenvalue weighted by Crippen LogP contribution is 2.50.